The van der Waals surface area contributed by atoms with E-state index < -0.39 is 0 Å². The Labute approximate surface area is 171 Å². The summed E-state index contributed by atoms with van der Waals surface area (Å²) < 4.78 is 13.0. The van der Waals surface area contributed by atoms with Gasteiger partial charge < -0.3 is 16.4 Å². The molecule has 3 rings (SSSR count). The molecule has 0 saturated heterocycles. The van der Waals surface area contributed by atoms with Crippen LogP contribution in [0.5, 0.6) is 0 Å². The highest BCUT2D eigenvalue weighted by atomic mass is 32.1. The van der Waals surface area contributed by atoms with Gasteiger partial charge in [-0.05, 0) is 48.7 Å². The summed E-state index contributed by atoms with van der Waals surface area (Å²) in [6.07, 6.45) is 4.50. The van der Waals surface area contributed by atoms with E-state index in [-0.39, 0.29) is 5.82 Å². The van der Waals surface area contributed by atoms with E-state index in [1.807, 2.05) is 32.0 Å². The average molecular weight is 404 g/mol. The van der Waals surface area contributed by atoms with E-state index in [0.717, 1.165) is 46.3 Å². The number of nitrogens with two attached hydrogens (primary N) is 2. The zero-order valence-corrected chi connectivity index (χ0v) is 17.9. The molecular weight excluding hydrogens is 373 g/mol. The maximum absolute atomic E-state index is 13.0. The van der Waals surface area contributed by atoms with Gasteiger partial charge in [0.2, 0.25) is 0 Å². The van der Waals surface area contributed by atoms with Gasteiger partial charge in [0.1, 0.15) is 5.82 Å². The van der Waals surface area contributed by atoms with Gasteiger partial charge in [-0.15, -0.1) is 11.3 Å². The molecule has 4 nitrogen and oxygen atoms in total. The minimum absolute atomic E-state index is 0.236. The number of anilines is 1. The molecule has 1 aromatic carbocycles. The van der Waals surface area contributed by atoms with E-state index in [1.54, 1.807) is 12.1 Å². The molecule has 152 valence electrons. The molecule has 2 aromatic rings. The van der Waals surface area contributed by atoms with Crippen LogP contribution in [0.2, 0.25) is 0 Å². The summed E-state index contributed by atoms with van der Waals surface area (Å²) in [5, 5.41) is 0.566. The van der Waals surface area contributed by atoms with Crippen molar-refractivity contribution >= 4 is 28.2 Å². The van der Waals surface area contributed by atoms with Crippen LogP contribution in [-0.2, 0) is 13.0 Å². The van der Waals surface area contributed by atoms with Crippen LogP contribution in [0, 0.1) is 5.82 Å². The minimum Gasteiger partial charge on any atom is -0.390 e. The van der Waals surface area contributed by atoms with Crippen molar-refractivity contribution in [2.45, 2.75) is 33.2 Å². The lowest BCUT2D eigenvalue weighted by molar-refractivity contribution is 0.112. The zero-order valence-electron chi connectivity index (χ0n) is 17.1. The number of nitrogen functional groups attached to an aromatic ring is 1. The van der Waals surface area contributed by atoms with E-state index in [9.17, 15) is 9.18 Å². The lowest BCUT2D eigenvalue weighted by Gasteiger charge is -2.22. The van der Waals surface area contributed by atoms with Crippen molar-refractivity contribution < 1.29 is 9.18 Å². The van der Waals surface area contributed by atoms with Gasteiger partial charge in [-0.2, -0.15) is 0 Å². The zero-order chi connectivity index (χ0) is 21.3. The summed E-state index contributed by atoms with van der Waals surface area (Å²) >= 11 is 1.44. The molecule has 0 bridgehead atoms. The number of thiophene rings is 1. The number of hydrogen-bond donors (Lipinski definition) is 2. The Morgan fingerprint density at radius 2 is 1.82 bits per heavy atom. The number of aldehydes is 1. The van der Waals surface area contributed by atoms with Gasteiger partial charge in [-0.3, -0.25) is 4.79 Å². The number of carbonyl (C=O) groups excluding carboxylic acids is 1. The lowest BCUT2D eigenvalue weighted by Crippen LogP contribution is -2.13. The normalized spacial score (nSPS) is 13.6. The first-order chi connectivity index (χ1) is 13.5. The van der Waals surface area contributed by atoms with Crippen LogP contribution >= 0.6 is 11.3 Å². The van der Waals surface area contributed by atoms with Crippen molar-refractivity contribution in [3.8, 4) is 0 Å². The summed E-state index contributed by atoms with van der Waals surface area (Å²) in [6, 6.07) is 6.48. The second kappa shape index (κ2) is 11.4. The number of hydrogen-bond acceptors (Lipinski definition) is 5. The summed E-state index contributed by atoms with van der Waals surface area (Å²) in [6.45, 7) is 8.82. The van der Waals surface area contributed by atoms with Crippen LogP contribution in [0.3, 0.4) is 0 Å². The molecule has 28 heavy (non-hydrogen) atoms. The highest BCUT2D eigenvalue weighted by molar-refractivity contribution is 7.17. The van der Waals surface area contributed by atoms with Gasteiger partial charge in [0.05, 0.1) is 10.6 Å². The molecule has 1 aromatic heterocycles. The van der Waals surface area contributed by atoms with Crippen LogP contribution in [-0.4, -0.2) is 25.3 Å². The molecule has 6 heteroatoms. The Morgan fingerprint density at radius 1 is 1.21 bits per heavy atom. The van der Waals surface area contributed by atoms with Gasteiger partial charge in [0, 0.05) is 30.2 Å². The second-order valence-corrected chi connectivity index (χ2v) is 7.05. The Hall–Kier alpha value is -2.44. The molecule has 0 unspecified atom stereocenters. The number of carbonyl (C=O) groups is 1. The predicted octanol–water partition coefficient (Wildman–Crippen LogP) is 4.86. The van der Waals surface area contributed by atoms with Crippen molar-refractivity contribution in [3.05, 3.63) is 70.0 Å². The molecule has 0 saturated carbocycles. The third-order valence-electron chi connectivity index (χ3n) is 4.19. The molecule has 0 spiro atoms. The molecule has 1 aliphatic carbocycles. The standard InChI is InChI=1S/C19H19FN2OS.C2H6.CH5N/c1-12-3-8-15-17(11-23)19(21)24-18(15)16(12)10-22(2)9-13-4-6-14(20)7-5-13;2*1-2/h4-7,10-11H,1,3,8-9,21H2,2H3;1-2H3;2H2,1H3/b16-10+;;. The van der Waals surface area contributed by atoms with E-state index in [2.05, 4.69) is 12.3 Å². The molecule has 0 amide bonds. The monoisotopic (exact) mass is 403 g/mol. The number of fused-ring (bicyclic) bond motifs is 1. The first-order valence-electron chi connectivity index (χ1n) is 9.28. The van der Waals surface area contributed by atoms with Gasteiger partial charge in [-0.1, -0.05) is 32.6 Å². The van der Waals surface area contributed by atoms with Crippen LogP contribution in [0.25, 0.3) is 5.57 Å². The Bertz CT molecular complexity index is 825. The molecule has 0 aliphatic heterocycles. The third kappa shape index (κ3) is 5.53. The first kappa shape index (κ1) is 23.6. The number of rotatable bonds is 4. The first-order valence-corrected chi connectivity index (χ1v) is 10.1. The topological polar surface area (TPSA) is 72.4 Å². The van der Waals surface area contributed by atoms with E-state index in [0.29, 0.717) is 17.1 Å². The lowest BCUT2D eigenvalue weighted by atomic mass is 9.89. The highest BCUT2D eigenvalue weighted by Gasteiger charge is 2.24. The summed E-state index contributed by atoms with van der Waals surface area (Å²) in [4.78, 5) is 14.4. The molecular formula is C22H30FN3OS. The van der Waals surface area contributed by atoms with Crippen LogP contribution in [0.4, 0.5) is 9.39 Å². The number of halogens is 1. The van der Waals surface area contributed by atoms with Crippen molar-refractivity contribution in [1.29, 1.82) is 0 Å². The maximum Gasteiger partial charge on any atom is 0.153 e. The van der Waals surface area contributed by atoms with Crippen LogP contribution in [0.15, 0.2) is 42.6 Å². The fourth-order valence-corrected chi connectivity index (χ4v) is 4.10. The SMILES string of the molecule is C=C1CCc2c(sc(N)c2C=O)/C1=C/N(C)Cc1ccc(F)cc1.CC.CN. The maximum atomic E-state index is 13.0. The van der Waals surface area contributed by atoms with Crippen LogP contribution < -0.4 is 11.5 Å². The predicted molar refractivity (Wildman–Crippen MR) is 119 cm³/mol. The molecule has 0 radical (unpaired) electrons. The van der Waals surface area contributed by atoms with E-state index in [4.69, 9.17) is 5.73 Å². The largest absolute Gasteiger partial charge is 0.390 e. The molecule has 4 N–H and O–H groups in total. The molecule has 0 fully saturated rings. The molecule has 1 heterocycles. The van der Waals surface area contributed by atoms with Gasteiger partial charge in [0.15, 0.2) is 6.29 Å². The number of benzene rings is 1. The summed E-state index contributed by atoms with van der Waals surface area (Å²) in [7, 11) is 3.47. The van der Waals surface area contributed by atoms with E-state index in [1.165, 1.54) is 30.5 Å². The quantitative estimate of drug-likeness (QED) is 0.715. The number of allylic oxidation sites excluding steroid dienone is 2. The number of nitrogens with zero attached hydrogens (tertiary/aromatic N) is 1. The van der Waals surface area contributed by atoms with Crippen molar-refractivity contribution in [1.82, 2.24) is 4.90 Å². The van der Waals surface area contributed by atoms with Gasteiger partial charge in [-0.25, -0.2) is 4.39 Å². The fourth-order valence-electron chi connectivity index (χ4n) is 2.96. The Kier molecular flexibility index (Phi) is 9.62. The minimum atomic E-state index is -0.236. The molecule has 1 aliphatic rings. The van der Waals surface area contributed by atoms with Crippen molar-refractivity contribution in [2.24, 2.45) is 5.73 Å². The van der Waals surface area contributed by atoms with Crippen molar-refractivity contribution in [2.75, 3.05) is 19.8 Å². The second-order valence-electron chi connectivity index (χ2n) is 5.99. The Balaban J connectivity index is 0.000000921. The van der Waals surface area contributed by atoms with Crippen LogP contribution in [0.1, 0.15) is 46.6 Å². The van der Waals surface area contributed by atoms with Gasteiger partial charge >= 0.3 is 0 Å². The van der Waals surface area contributed by atoms with E-state index >= 15 is 0 Å². The highest BCUT2D eigenvalue weighted by Crippen LogP contribution is 2.43. The average Bonchev–Trinajstić information content (AvgIpc) is 3.04. The molecule has 0 atom stereocenters. The third-order valence-corrected chi connectivity index (χ3v) is 5.30. The van der Waals surface area contributed by atoms with Crippen molar-refractivity contribution in [3.63, 3.8) is 0 Å². The summed E-state index contributed by atoms with van der Waals surface area (Å²) in [5.41, 5.74) is 15.2. The Morgan fingerprint density at radius 3 is 2.39 bits per heavy atom. The summed E-state index contributed by atoms with van der Waals surface area (Å²) in [5.74, 6) is -0.236. The smallest absolute Gasteiger partial charge is 0.153 e. The van der Waals surface area contributed by atoms with Gasteiger partial charge in [0.25, 0.3) is 0 Å². The fraction of sp³-hybridized carbons (Fsp3) is 0.318.